The molecule has 0 saturated heterocycles. The molecular weight excluding hydrogens is 644 g/mol. The van der Waals surface area contributed by atoms with Crippen LogP contribution in [0.3, 0.4) is 0 Å². The maximum Gasteiger partial charge on any atom is 0.326 e. The normalized spacial score (nSPS) is 14.1. The third kappa shape index (κ3) is 13.3. The zero-order chi connectivity index (χ0) is 36.8. The Morgan fingerprint density at radius 2 is 1.27 bits per heavy atom. The van der Waals surface area contributed by atoms with E-state index in [1.165, 1.54) is 0 Å². The van der Waals surface area contributed by atoms with Crippen molar-refractivity contribution in [3.05, 3.63) is 36.0 Å². The summed E-state index contributed by atoms with van der Waals surface area (Å²) in [6.07, 6.45) is -0.542. The Morgan fingerprint density at radius 3 is 1.82 bits per heavy atom. The van der Waals surface area contributed by atoms with Crippen LogP contribution in [-0.4, -0.2) is 92.8 Å². The second-order valence-electron chi connectivity index (χ2n) is 12.0. The van der Waals surface area contributed by atoms with Crippen molar-refractivity contribution in [2.75, 3.05) is 0 Å². The van der Waals surface area contributed by atoms with E-state index in [0.29, 0.717) is 0 Å². The molecule has 0 fully saturated rings. The first-order valence-electron chi connectivity index (χ1n) is 15.5. The number of carbonyl (C=O) groups is 8. The summed E-state index contributed by atoms with van der Waals surface area (Å²) < 4.78 is 0. The number of aromatic amines is 1. The molecule has 0 spiro atoms. The highest BCUT2D eigenvalue weighted by atomic mass is 16.4. The molecule has 0 radical (unpaired) electrons. The molecule has 0 aliphatic heterocycles. The Bertz CT molecular complexity index is 1540. The Balaban J connectivity index is 2.24. The molecular formula is C31H44N8O10. The minimum atomic E-state index is -1.73. The van der Waals surface area contributed by atoms with Gasteiger partial charge in [0.1, 0.15) is 24.2 Å². The van der Waals surface area contributed by atoms with E-state index >= 15 is 0 Å². The third-order valence-corrected chi connectivity index (χ3v) is 7.40. The molecule has 5 atom stereocenters. The van der Waals surface area contributed by atoms with Crippen molar-refractivity contribution < 1.29 is 48.6 Å². The molecule has 0 unspecified atom stereocenters. The second-order valence-corrected chi connectivity index (χ2v) is 12.0. The molecule has 18 nitrogen and oxygen atoms in total. The number of para-hydroxylation sites is 1. The first kappa shape index (κ1) is 39.7. The summed E-state index contributed by atoms with van der Waals surface area (Å²) in [5.74, 6) is -8.50. The predicted octanol–water partition coefficient (Wildman–Crippen LogP) is -1.89. The van der Waals surface area contributed by atoms with E-state index in [1.807, 2.05) is 24.3 Å². The van der Waals surface area contributed by atoms with Gasteiger partial charge in [-0.15, -0.1) is 0 Å². The molecule has 0 bridgehead atoms. The standard InChI is InChI=1S/C31H44N8O10/c1-15(2)11-22(30(47)37-20(7-9-24(33)40)29(46)39-23(31(48)49)13-25(34)41)38-28(45)21(8-10-26(42)43)36-27(44)18(32)12-16-14-35-19-6-4-3-5-17(16)19/h3-6,14-15,18,20-23,35H,7-13,32H2,1-2H3,(H2,33,40)(H2,34,41)(H,36,44)(H,37,47)(H,38,45)(H,39,46)(H,42,43)(H,48,49)/t18-,20-,21-,22-,23-/m0/s1. The minimum absolute atomic E-state index is 0.0147. The van der Waals surface area contributed by atoms with Crippen LogP contribution in [0.15, 0.2) is 30.5 Å². The molecule has 49 heavy (non-hydrogen) atoms. The van der Waals surface area contributed by atoms with Gasteiger partial charge < -0.3 is 53.7 Å². The van der Waals surface area contributed by atoms with E-state index in [1.54, 1.807) is 20.0 Å². The highest BCUT2D eigenvalue weighted by molar-refractivity contribution is 5.96. The summed E-state index contributed by atoms with van der Waals surface area (Å²) in [5, 5.41) is 28.9. The third-order valence-electron chi connectivity index (χ3n) is 7.40. The summed E-state index contributed by atoms with van der Waals surface area (Å²) in [7, 11) is 0. The number of nitrogens with two attached hydrogens (primary N) is 3. The van der Waals surface area contributed by atoms with Crippen molar-refractivity contribution in [1.82, 2.24) is 26.3 Å². The number of rotatable bonds is 21. The van der Waals surface area contributed by atoms with Crippen LogP contribution in [-0.2, 0) is 44.8 Å². The highest BCUT2D eigenvalue weighted by Crippen LogP contribution is 2.19. The van der Waals surface area contributed by atoms with Gasteiger partial charge in [0.25, 0.3) is 0 Å². The maximum absolute atomic E-state index is 13.5. The summed E-state index contributed by atoms with van der Waals surface area (Å²) in [6, 6.07) is 0.238. The molecule has 1 aromatic carbocycles. The quantitative estimate of drug-likeness (QED) is 0.0691. The Kier molecular flexibility index (Phi) is 15.2. The number of amides is 6. The van der Waals surface area contributed by atoms with Crippen LogP contribution >= 0.6 is 0 Å². The zero-order valence-electron chi connectivity index (χ0n) is 27.2. The number of carbonyl (C=O) groups excluding carboxylic acids is 6. The summed E-state index contributed by atoms with van der Waals surface area (Å²) in [5.41, 5.74) is 18.0. The molecule has 18 heteroatoms. The van der Waals surface area contributed by atoms with Gasteiger partial charge in [0, 0.05) is 29.9 Å². The molecule has 2 rings (SSSR count). The topological polar surface area (TPSA) is 319 Å². The number of aromatic nitrogens is 1. The second kappa shape index (κ2) is 18.7. The molecule has 6 amide bonds. The first-order valence-corrected chi connectivity index (χ1v) is 15.5. The zero-order valence-corrected chi connectivity index (χ0v) is 27.2. The molecule has 13 N–H and O–H groups in total. The highest BCUT2D eigenvalue weighted by Gasteiger charge is 2.33. The van der Waals surface area contributed by atoms with Crippen LogP contribution < -0.4 is 38.5 Å². The maximum atomic E-state index is 13.5. The van der Waals surface area contributed by atoms with Gasteiger partial charge in [-0.05, 0) is 43.2 Å². The van der Waals surface area contributed by atoms with E-state index in [0.717, 1.165) is 16.5 Å². The number of aliphatic carboxylic acids is 2. The lowest BCUT2D eigenvalue weighted by molar-refractivity contribution is -0.144. The van der Waals surface area contributed by atoms with Crippen LogP contribution in [0.2, 0.25) is 0 Å². The van der Waals surface area contributed by atoms with E-state index in [-0.39, 0.29) is 31.6 Å². The molecule has 268 valence electrons. The summed E-state index contributed by atoms with van der Waals surface area (Å²) >= 11 is 0. The predicted molar refractivity (Wildman–Crippen MR) is 174 cm³/mol. The number of nitrogens with one attached hydrogen (secondary N) is 5. The van der Waals surface area contributed by atoms with Crippen molar-refractivity contribution >= 4 is 58.3 Å². The number of hydrogen-bond donors (Lipinski definition) is 10. The van der Waals surface area contributed by atoms with Gasteiger partial charge in [-0.1, -0.05) is 32.0 Å². The number of carboxylic acid groups (broad SMARTS) is 2. The van der Waals surface area contributed by atoms with Gasteiger partial charge in [-0.2, -0.15) is 0 Å². The molecule has 1 heterocycles. The number of benzene rings is 1. The fourth-order valence-electron chi connectivity index (χ4n) is 4.92. The Labute approximate surface area is 281 Å². The van der Waals surface area contributed by atoms with Gasteiger partial charge >= 0.3 is 11.9 Å². The smallest absolute Gasteiger partial charge is 0.326 e. The number of carboxylic acids is 2. The lowest BCUT2D eigenvalue weighted by Crippen LogP contribution is -2.59. The van der Waals surface area contributed by atoms with Crippen molar-refractivity contribution in [1.29, 1.82) is 0 Å². The Hall–Kier alpha value is -5.52. The average Bonchev–Trinajstić information content (AvgIpc) is 3.41. The monoisotopic (exact) mass is 688 g/mol. The van der Waals surface area contributed by atoms with Crippen LogP contribution in [0.4, 0.5) is 0 Å². The molecule has 0 aliphatic rings. The van der Waals surface area contributed by atoms with Crippen molar-refractivity contribution in [3.63, 3.8) is 0 Å². The summed E-state index contributed by atoms with van der Waals surface area (Å²) in [6.45, 7) is 3.47. The van der Waals surface area contributed by atoms with Gasteiger partial charge in [0.15, 0.2) is 0 Å². The van der Waals surface area contributed by atoms with Crippen LogP contribution in [0.1, 0.15) is 57.9 Å². The van der Waals surface area contributed by atoms with Crippen molar-refractivity contribution in [3.8, 4) is 0 Å². The number of primary amides is 2. The summed E-state index contributed by atoms with van der Waals surface area (Å²) in [4.78, 5) is 102. The van der Waals surface area contributed by atoms with E-state index < -0.39 is 96.9 Å². The molecule has 0 saturated carbocycles. The molecule has 1 aromatic heterocycles. The van der Waals surface area contributed by atoms with Crippen LogP contribution in [0, 0.1) is 5.92 Å². The largest absolute Gasteiger partial charge is 0.481 e. The van der Waals surface area contributed by atoms with E-state index in [2.05, 4.69) is 26.3 Å². The van der Waals surface area contributed by atoms with Gasteiger partial charge in [-0.25, -0.2) is 4.79 Å². The fraction of sp³-hybridized carbons (Fsp3) is 0.484. The number of H-pyrrole nitrogens is 1. The lowest BCUT2D eigenvalue weighted by Gasteiger charge is -2.27. The first-order chi connectivity index (χ1) is 23.0. The minimum Gasteiger partial charge on any atom is -0.481 e. The number of hydrogen-bond acceptors (Lipinski definition) is 9. The van der Waals surface area contributed by atoms with Crippen LogP contribution in [0.25, 0.3) is 10.9 Å². The van der Waals surface area contributed by atoms with Gasteiger partial charge in [0.2, 0.25) is 35.4 Å². The van der Waals surface area contributed by atoms with E-state index in [9.17, 15) is 48.6 Å². The Morgan fingerprint density at radius 1 is 0.735 bits per heavy atom. The average molecular weight is 689 g/mol. The SMILES string of the molecule is CC(C)C[C@H](NC(=O)[C@H](CCC(=O)O)NC(=O)[C@@H](N)Cc1c[nH]c2ccccc12)C(=O)N[C@@H](CCC(N)=O)C(=O)N[C@@H](CC(N)=O)C(=O)O. The van der Waals surface area contributed by atoms with E-state index in [4.69, 9.17) is 17.2 Å². The number of fused-ring (bicyclic) bond motifs is 1. The fourth-order valence-corrected chi connectivity index (χ4v) is 4.92. The lowest BCUT2D eigenvalue weighted by atomic mass is 10.0. The van der Waals surface area contributed by atoms with Gasteiger partial charge in [-0.3, -0.25) is 33.6 Å². The van der Waals surface area contributed by atoms with Crippen molar-refractivity contribution in [2.45, 2.75) is 89.0 Å². The van der Waals surface area contributed by atoms with Gasteiger partial charge in [0.05, 0.1) is 12.5 Å². The van der Waals surface area contributed by atoms with Crippen LogP contribution in [0.5, 0.6) is 0 Å². The molecule has 2 aromatic rings. The van der Waals surface area contributed by atoms with Crippen molar-refractivity contribution in [2.24, 2.45) is 23.1 Å². The molecule has 0 aliphatic carbocycles.